The monoisotopic (exact) mass is 390 g/mol. The highest BCUT2D eigenvalue weighted by Gasteiger charge is 2.29. The van der Waals surface area contributed by atoms with Crippen molar-refractivity contribution in [2.24, 2.45) is 0 Å². The fourth-order valence-electron chi connectivity index (χ4n) is 4.47. The molecule has 0 unspecified atom stereocenters. The smallest absolute Gasteiger partial charge is 0.289 e. The highest BCUT2D eigenvalue weighted by atomic mass is 16.3. The standard InChI is InChI=1S/C23H26N4O2/c1-14-3-4-20-18(11-14)15(2)21(29-20)23(28)27-9-6-16(7-10-27)22-25-13-17-12-24-8-5-19(17)26-22/h3-4,11,13,16,24H,5-10,12H2,1-2H3. The Morgan fingerprint density at radius 2 is 2.07 bits per heavy atom. The summed E-state index contributed by atoms with van der Waals surface area (Å²) in [5, 5.41) is 4.39. The van der Waals surface area contributed by atoms with Crippen LogP contribution in [0.2, 0.25) is 0 Å². The van der Waals surface area contributed by atoms with Crippen LogP contribution >= 0.6 is 0 Å². The van der Waals surface area contributed by atoms with Crippen molar-refractivity contribution < 1.29 is 9.21 Å². The third-order valence-electron chi connectivity index (χ3n) is 6.26. The van der Waals surface area contributed by atoms with E-state index in [2.05, 4.69) is 23.3 Å². The Bertz CT molecular complexity index is 1080. The summed E-state index contributed by atoms with van der Waals surface area (Å²) in [7, 11) is 0. The number of furan rings is 1. The van der Waals surface area contributed by atoms with Gasteiger partial charge in [-0.2, -0.15) is 0 Å². The number of rotatable bonds is 2. The fraction of sp³-hybridized carbons (Fsp3) is 0.435. The Morgan fingerprint density at radius 3 is 2.90 bits per heavy atom. The number of nitrogens with one attached hydrogen (secondary N) is 1. The summed E-state index contributed by atoms with van der Waals surface area (Å²) >= 11 is 0. The molecule has 0 bridgehead atoms. The van der Waals surface area contributed by atoms with Crippen molar-refractivity contribution >= 4 is 16.9 Å². The number of hydrogen-bond donors (Lipinski definition) is 1. The summed E-state index contributed by atoms with van der Waals surface area (Å²) < 4.78 is 5.92. The second-order valence-corrected chi connectivity index (χ2v) is 8.25. The number of piperidine rings is 1. The molecule has 1 fully saturated rings. The maximum atomic E-state index is 13.1. The molecule has 6 heteroatoms. The van der Waals surface area contributed by atoms with E-state index in [4.69, 9.17) is 9.40 Å². The summed E-state index contributed by atoms with van der Waals surface area (Å²) in [6.07, 6.45) is 4.72. The lowest BCUT2D eigenvalue weighted by Gasteiger charge is -2.31. The van der Waals surface area contributed by atoms with Crippen molar-refractivity contribution in [3.63, 3.8) is 0 Å². The first-order valence-corrected chi connectivity index (χ1v) is 10.4. The molecule has 2 aliphatic rings. The molecule has 5 rings (SSSR count). The largest absolute Gasteiger partial charge is 0.451 e. The van der Waals surface area contributed by atoms with E-state index in [0.29, 0.717) is 24.8 Å². The number of hydrogen-bond acceptors (Lipinski definition) is 5. The predicted molar refractivity (Wildman–Crippen MR) is 111 cm³/mol. The van der Waals surface area contributed by atoms with Crippen molar-refractivity contribution in [2.75, 3.05) is 19.6 Å². The van der Waals surface area contributed by atoms with E-state index in [0.717, 1.165) is 54.7 Å². The van der Waals surface area contributed by atoms with Crippen LogP contribution in [-0.2, 0) is 13.0 Å². The Labute approximate surface area is 170 Å². The van der Waals surface area contributed by atoms with Crippen molar-refractivity contribution in [3.8, 4) is 0 Å². The molecule has 2 aliphatic heterocycles. The molecule has 1 N–H and O–H groups in total. The molecule has 0 aliphatic carbocycles. The normalized spacial score (nSPS) is 17.5. The van der Waals surface area contributed by atoms with E-state index in [-0.39, 0.29) is 5.91 Å². The molecule has 3 aromatic rings. The molecular formula is C23H26N4O2. The van der Waals surface area contributed by atoms with E-state index < -0.39 is 0 Å². The molecule has 2 aromatic heterocycles. The lowest BCUT2D eigenvalue weighted by atomic mass is 9.95. The molecular weight excluding hydrogens is 364 g/mol. The van der Waals surface area contributed by atoms with Gasteiger partial charge < -0.3 is 14.6 Å². The molecule has 1 aromatic carbocycles. The molecule has 0 atom stereocenters. The number of aromatic nitrogens is 2. The Morgan fingerprint density at radius 1 is 1.24 bits per heavy atom. The Kier molecular flexibility index (Phi) is 4.59. The lowest BCUT2D eigenvalue weighted by Crippen LogP contribution is -2.38. The molecule has 0 saturated carbocycles. The van der Waals surface area contributed by atoms with Crippen LogP contribution in [0.15, 0.2) is 28.8 Å². The second kappa shape index (κ2) is 7.26. The Balaban J connectivity index is 1.30. The SMILES string of the molecule is Cc1ccc2oc(C(=O)N3CCC(c4ncc5c(n4)CCNC5)CC3)c(C)c2c1. The molecule has 150 valence electrons. The van der Waals surface area contributed by atoms with Crippen molar-refractivity contribution in [1.82, 2.24) is 20.2 Å². The van der Waals surface area contributed by atoms with Gasteiger partial charge in [0, 0.05) is 66.9 Å². The molecule has 29 heavy (non-hydrogen) atoms. The van der Waals surface area contributed by atoms with E-state index in [1.54, 1.807) is 0 Å². The zero-order chi connectivity index (χ0) is 20.0. The van der Waals surface area contributed by atoms with Gasteiger partial charge in [0.15, 0.2) is 5.76 Å². The molecule has 1 amide bonds. The lowest BCUT2D eigenvalue weighted by molar-refractivity contribution is 0.0680. The minimum absolute atomic E-state index is 0.00719. The highest BCUT2D eigenvalue weighted by Crippen LogP contribution is 2.30. The van der Waals surface area contributed by atoms with Crippen LogP contribution in [-0.4, -0.2) is 40.4 Å². The van der Waals surface area contributed by atoms with Crippen molar-refractivity contribution in [2.45, 2.75) is 45.6 Å². The number of nitrogens with zero attached hydrogens (tertiary/aromatic N) is 3. The molecule has 0 radical (unpaired) electrons. The third-order valence-corrected chi connectivity index (χ3v) is 6.26. The van der Waals surface area contributed by atoms with Gasteiger partial charge in [0.2, 0.25) is 0 Å². The van der Waals surface area contributed by atoms with E-state index in [1.165, 1.54) is 16.8 Å². The average Bonchev–Trinajstić information content (AvgIpc) is 3.09. The van der Waals surface area contributed by atoms with Crippen molar-refractivity contribution in [3.05, 3.63) is 58.4 Å². The summed E-state index contributed by atoms with van der Waals surface area (Å²) in [5.74, 6) is 1.72. The number of fused-ring (bicyclic) bond motifs is 2. The van der Waals surface area contributed by atoms with Gasteiger partial charge in [0.25, 0.3) is 5.91 Å². The number of likely N-dealkylation sites (tertiary alicyclic amines) is 1. The van der Waals surface area contributed by atoms with Gasteiger partial charge >= 0.3 is 0 Å². The summed E-state index contributed by atoms with van der Waals surface area (Å²) in [6.45, 7) is 7.28. The maximum Gasteiger partial charge on any atom is 0.289 e. The predicted octanol–water partition coefficient (Wildman–Crippen LogP) is 3.51. The topological polar surface area (TPSA) is 71.3 Å². The van der Waals surface area contributed by atoms with E-state index in [1.807, 2.05) is 30.2 Å². The van der Waals surface area contributed by atoms with Crippen LogP contribution in [0.5, 0.6) is 0 Å². The first-order chi connectivity index (χ1) is 14.1. The number of amides is 1. The van der Waals surface area contributed by atoms with Gasteiger partial charge in [-0.25, -0.2) is 9.97 Å². The molecule has 4 heterocycles. The van der Waals surface area contributed by atoms with E-state index in [9.17, 15) is 4.79 Å². The fourth-order valence-corrected chi connectivity index (χ4v) is 4.47. The van der Waals surface area contributed by atoms with E-state index >= 15 is 0 Å². The minimum atomic E-state index is -0.00719. The van der Waals surface area contributed by atoms with Crippen LogP contribution < -0.4 is 5.32 Å². The molecule has 6 nitrogen and oxygen atoms in total. The average molecular weight is 390 g/mol. The number of aryl methyl sites for hydroxylation is 2. The number of benzene rings is 1. The number of carbonyl (C=O) groups is 1. The minimum Gasteiger partial charge on any atom is -0.451 e. The van der Waals surface area contributed by atoms with Crippen LogP contribution in [0.25, 0.3) is 11.0 Å². The first-order valence-electron chi connectivity index (χ1n) is 10.4. The number of carbonyl (C=O) groups excluding carboxylic acids is 1. The van der Waals surface area contributed by atoms with Gasteiger partial charge in [-0.1, -0.05) is 11.6 Å². The molecule has 0 spiro atoms. The zero-order valence-corrected chi connectivity index (χ0v) is 17.0. The zero-order valence-electron chi connectivity index (χ0n) is 17.0. The Hall–Kier alpha value is -2.73. The third kappa shape index (κ3) is 3.31. The van der Waals surface area contributed by atoms with Gasteiger partial charge in [0.1, 0.15) is 11.4 Å². The van der Waals surface area contributed by atoms with Crippen LogP contribution in [0.1, 0.15) is 57.5 Å². The second-order valence-electron chi connectivity index (χ2n) is 8.25. The van der Waals surface area contributed by atoms with Crippen LogP contribution in [0.4, 0.5) is 0 Å². The van der Waals surface area contributed by atoms with Crippen LogP contribution in [0, 0.1) is 13.8 Å². The summed E-state index contributed by atoms with van der Waals surface area (Å²) in [5.41, 5.74) is 5.27. The van der Waals surface area contributed by atoms with Crippen molar-refractivity contribution in [1.29, 1.82) is 0 Å². The van der Waals surface area contributed by atoms with Gasteiger partial charge in [-0.3, -0.25) is 4.79 Å². The first kappa shape index (κ1) is 18.3. The van der Waals surface area contributed by atoms with Gasteiger partial charge in [0.05, 0.1) is 0 Å². The van der Waals surface area contributed by atoms with Gasteiger partial charge in [-0.05, 0) is 38.8 Å². The van der Waals surface area contributed by atoms with Gasteiger partial charge in [-0.15, -0.1) is 0 Å². The summed E-state index contributed by atoms with van der Waals surface area (Å²) in [4.78, 5) is 24.5. The highest BCUT2D eigenvalue weighted by molar-refractivity contribution is 5.99. The maximum absolute atomic E-state index is 13.1. The summed E-state index contributed by atoms with van der Waals surface area (Å²) in [6, 6.07) is 6.05. The quantitative estimate of drug-likeness (QED) is 0.725. The molecule has 1 saturated heterocycles. The van der Waals surface area contributed by atoms with Crippen LogP contribution in [0.3, 0.4) is 0 Å².